The van der Waals surface area contributed by atoms with Crippen molar-refractivity contribution >= 4 is 16.1 Å². The highest BCUT2D eigenvalue weighted by molar-refractivity contribution is 7.88. The van der Waals surface area contributed by atoms with E-state index in [0.717, 1.165) is 49.5 Å². The standard InChI is InChI=1S/C17H24N2O4S/c1-22-16-5-3-4-14-10-13(12-23-17(14)16)11-19-8-6-15(7-9-19)18-24(2,20)21/h3-5,10,15,18H,6-9,11-12H2,1-2H3. The van der Waals surface area contributed by atoms with E-state index in [1.807, 2.05) is 18.2 Å². The molecule has 3 rings (SSSR count). The minimum absolute atomic E-state index is 0.0535. The molecule has 2 aliphatic heterocycles. The van der Waals surface area contributed by atoms with Crippen LogP contribution in [0.25, 0.3) is 6.08 Å². The molecule has 0 atom stereocenters. The number of benzene rings is 1. The Kier molecular flexibility index (Phi) is 5.12. The first kappa shape index (κ1) is 17.3. The maximum atomic E-state index is 11.3. The maximum absolute atomic E-state index is 11.3. The van der Waals surface area contributed by atoms with Gasteiger partial charge >= 0.3 is 0 Å². The summed E-state index contributed by atoms with van der Waals surface area (Å²) in [5.41, 5.74) is 2.27. The Bertz CT molecular complexity index is 722. The molecule has 1 aromatic rings. The zero-order valence-corrected chi connectivity index (χ0v) is 14.9. The number of fused-ring (bicyclic) bond motifs is 1. The van der Waals surface area contributed by atoms with E-state index in [1.165, 1.54) is 11.8 Å². The predicted molar refractivity (Wildman–Crippen MR) is 93.9 cm³/mol. The fourth-order valence-electron chi connectivity index (χ4n) is 3.28. The number of ether oxygens (including phenoxy) is 2. The topological polar surface area (TPSA) is 67.9 Å². The van der Waals surface area contributed by atoms with Crippen molar-refractivity contribution in [3.8, 4) is 11.5 Å². The number of para-hydroxylation sites is 1. The number of methoxy groups -OCH3 is 1. The number of sulfonamides is 1. The molecule has 1 fully saturated rings. The first-order valence-corrected chi connectivity index (χ1v) is 10.0. The van der Waals surface area contributed by atoms with Gasteiger partial charge in [-0.05, 0) is 43.6 Å². The van der Waals surface area contributed by atoms with Crippen LogP contribution >= 0.6 is 0 Å². The Morgan fingerprint density at radius 1 is 1.33 bits per heavy atom. The zero-order valence-electron chi connectivity index (χ0n) is 14.1. The number of likely N-dealkylation sites (tertiary alicyclic amines) is 1. The van der Waals surface area contributed by atoms with Crippen LogP contribution in [0.15, 0.2) is 23.8 Å². The third kappa shape index (κ3) is 4.28. The largest absolute Gasteiger partial charge is 0.493 e. The molecule has 0 bridgehead atoms. The Morgan fingerprint density at radius 3 is 2.75 bits per heavy atom. The van der Waals surface area contributed by atoms with Crippen LogP contribution in [0.5, 0.6) is 11.5 Å². The van der Waals surface area contributed by atoms with Crippen molar-refractivity contribution in [3.63, 3.8) is 0 Å². The van der Waals surface area contributed by atoms with Crippen LogP contribution in [0.2, 0.25) is 0 Å². The van der Waals surface area contributed by atoms with Gasteiger partial charge in [0.2, 0.25) is 10.0 Å². The molecule has 1 aromatic carbocycles. The molecule has 0 amide bonds. The lowest BCUT2D eigenvalue weighted by molar-refractivity contribution is 0.213. The van der Waals surface area contributed by atoms with E-state index in [9.17, 15) is 8.42 Å². The van der Waals surface area contributed by atoms with Gasteiger partial charge < -0.3 is 9.47 Å². The normalized spacial score (nSPS) is 19.3. The Hall–Kier alpha value is -1.57. The van der Waals surface area contributed by atoms with Crippen LogP contribution in [0.4, 0.5) is 0 Å². The molecule has 132 valence electrons. The summed E-state index contributed by atoms with van der Waals surface area (Å²) in [6.07, 6.45) is 5.06. The van der Waals surface area contributed by atoms with Crippen molar-refractivity contribution in [2.45, 2.75) is 18.9 Å². The van der Waals surface area contributed by atoms with Crippen LogP contribution in [0.1, 0.15) is 18.4 Å². The van der Waals surface area contributed by atoms with E-state index in [2.05, 4.69) is 15.7 Å². The molecule has 2 aliphatic rings. The number of nitrogens with zero attached hydrogens (tertiary/aromatic N) is 1. The zero-order chi connectivity index (χ0) is 17.2. The second-order valence-electron chi connectivity index (χ2n) is 6.41. The minimum Gasteiger partial charge on any atom is -0.493 e. The number of hydrogen-bond donors (Lipinski definition) is 1. The molecule has 0 spiro atoms. The highest BCUT2D eigenvalue weighted by Gasteiger charge is 2.23. The SMILES string of the molecule is COc1cccc2c1OCC(CN1CCC(NS(C)(=O)=O)CC1)=C2. The van der Waals surface area contributed by atoms with E-state index in [-0.39, 0.29) is 6.04 Å². The first-order valence-electron chi connectivity index (χ1n) is 8.13. The van der Waals surface area contributed by atoms with Crippen LogP contribution in [0.3, 0.4) is 0 Å². The molecule has 24 heavy (non-hydrogen) atoms. The molecule has 1 saturated heterocycles. The van der Waals surface area contributed by atoms with E-state index < -0.39 is 10.0 Å². The smallest absolute Gasteiger partial charge is 0.208 e. The fourth-order valence-corrected chi connectivity index (χ4v) is 4.12. The maximum Gasteiger partial charge on any atom is 0.208 e. The van der Waals surface area contributed by atoms with Crippen molar-refractivity contribution < 1.29 is 17.9 Å². The average Bonchev–Trinajstić information content (AvgIpc) is 2.54. The average molecular weight is 352 g/mol. The third-order valence-electron chi connectivity index (χ3n) is 4.39. The number of rotatable bonds is 5. The number of nitrogens with one attached hydrogen (secondary N) is 1. The third-order valence-corrected chi connectivity index (χ3v) is 5.15. The summed E-state index contributed by atoms with van der Waals surface area (Å²) in [7, 11) is -1.47. The molecule has 2 heterocycles. The minimum atomic E-state index is -3.12. The first-order chi connectivity index (χ1) is 11.4. The van der Waals surface area contributed by atoms with Crippen LogP contribution < -0.4 is 14.2 Å². The Balaban J connectivity index is 1.59. The lowest BCUT2D eigenvalue weighted by Crippen LogP contribution is -2.45. The quantitative estimate of drug-likeness (QED) is 0.869. The van der Waals surface area contributed by atoms with Gasteiger partial charge in [0.05, 0.1) is 13.4 Å². The summed E-state index contributed by atoms with van der Waals surface area (Å²) in [5.74, 6) is 1.57. The monoisotopic (exact) mass is 352 g/mol. The number of piperidine rings is 1. The van der Waals surface area contributed by atoms with Crippen molar-refractivity contribution in [2.75, 3.05) is 39.6 Å². The van der Waals surface area contributed by atoms with E-state index in [4.69, 9.17) is 9.47 Å². The molecule has 1 N–H and O–H groups in total. The van der Waals surface area contributed by atoms with E-state index in [1.54, 1.807) is 7.11 Å². The highest BCUT2D eigenvalue weighted by atomic mass is 32.2. The molecule has 0 aliphatic carbocycles. The van der Waals surface area contributed by atoms with Gasteiger partial charge in [0.25, 0.3) is 0 Å². The molecule has 0 saturated carbocycles. The molecule has 0 aromatic heterocycles. The number of hydrogen-bond acceptors (Lipinski definition) is 5. The van der Waals surface area contributed by atoms with Crippen molar-refractivity contribution in [2.24, 2.45) is 0 Å². The van der Waals surface area contributed by atoms with Gasteiger partial charge in [-0.25, -0.2) is 13.1 Å². The van der Waals surface area contributed by atoms with E-state index in [0.29, 0.717) is 6.61 Å². The summed E-state index contributed by atoms with van der Waals surface area (Å²) in [6.45, 7) is 3.18. The van der Waals surface area contributed by atoms with Gasteiger partial charge in [-0.3, -0.25) is 4.90 Å². The van der Waals surface area contributed by atoms with Gasteiger partial charge in [0.1, 0.15) is 6.61 Å². The van der Waals surface area contributed by atoms with Crippen molar-refractivity contribution in [3.05, 3.63) is 29.3 Å². The lowest BCUT2D eigenvalue weighted by Gasteiger charge is -2.33. The van der Waals surface area contributed by atoms with Crippen LogP contribution in [-0.2, 0) is 10.0 Å². The molecule has 0 unspecified atom stereocenters. The van der Waals surface area contributed by atoms with Crippen molar-refractivity contribution in [1.29, 1.82) is 0 Å². The summed E-state index contributed by atoms with van der Waals surface area (Å²) >= 11 is 0. The molecule has 7 heteroatoms. The van der Waals surface area contributed by atoms with E-state index >= 15 is 0 Å². The molecule has 0 radical (unpaired) electrons. The van der Waals surface area contributed by atoms with Gasteiger partial charge in [-0.15, -0.1) is 0 Å². The summed E-state index contributed by atoms with van der Waals surface area (Å²) in [6, 6.07) is 5.94. The van der Waals surface area contributed by atoms with Gasteiger partial charge in [0.15, 0.2) is 11.5 Å². The molecular weight excluding hydrogens is 328 g/mol. The van der Waals surface area contributed by atoms with Crippen LogP contribution in [-0.4, -0.2) is 59.0 Å². The summed E-state index contributed by atoms with van der Waals surface area (Å²) in [5, 5.41) is 0. The Labute approximate surface area is 143 Å². The fraction of sp³-hybridized carbons (Fsp3) is 0.529. The van der Waals surface area contributed by atoms with Gasteiger partial charge in [-0.2, -0.15) is 0 Å². The molecule has 6 nitrogen and oxygen atoms in total. The summed E-state index contributed by atoms with van der Waals surface area (Å²) < 4.78 is 36.5. The van der Waals surface area contributed by atoms with Gasteiger partial charge in [0, 0.05) is 18.2 Å². The Morgan fingerprint density at radius 2 is 2.08 bits per heavy atom. The predicted octanol–water partition coefficient (Wildman–Crippen LogP) is 1.48. The molecular formula is C17H24N2O4S. The van der Waals surface area contributed by atoms with Crippen LogP contribution in [0, 0.1) is 0 Å². The van der Waals surface area contributed by atoms with Crippen molar-refractivity contribution in [1.82, 2.24) is 9.62 Å². The second-order valence-corrected chi connectivity index (χ2v) is 8.19. The second kappa shape index (κ2) is 7.13. The van der Waals surface area contributed by atoms with Gasteiger partial charge in [-0.1, -0.05) is 12.1 Å². The summed E-state index contributed by atoms with van der Waals surface area (Å²) in [4.78, 5) is 2.35. The highest BCUT2D eigenvalue weighted by Crippen LogP contribution is 2.35. The lowest BCUT2D eigenvalue weighted by atomic mass is 10.0.